The molecule has 0 aromatic heterocycles. The van der Waals surface area contributed by atoms with Crippen molar-refractivity contribution in [3.63, 3.8) is 0 Å². The van der Waals surface area contributed by atoms with Crippen molar-refractivity contribution in [3.8, 4) is 0 Å². The zero-order valence-electron chi connectivity index (χ0n) is 6.10. The van der Waals surface area contributed by atoms with Crippen LogP contribution in [0.15, 0.2) is 0 Å². The Morgan fingerprint density at radius 3 is 2.25 bits per heavy atom. The van der Waals surface area contributed by atoms with Gasteiger partial charge in [-0.1, -0.05) is 0 Å². The molecule has 0 radical (unpaired) electrons. The van der Waals surface area contributed by atoms with E-state index in [9.17, 15) is 8.78 Å². The van der Waals surface area contributed by atoms with E-state index in [1.165, 1.54) is 0 Å². The summed E-state index contributed by atoms with van der Waals surface area (Å²) in [4.78, 5) is 0. The van der Waals surface area contributed by atoms with Gasteiger partial charge >= 0.3 is 0 Å². The van der Waals surface area contributed by atoms with E-state index in [2.05, 4.69) is 4.74 Å². The summed E-state index contributed by atoms with van der Waals surface area (Å²) in [7, 11) is 0. The van der Waals surface area contributed by atoms with Crippen molar-refractivity contribution < 1.29 is 28.8 Å². The van der Waals surface area contributed by atoms with Gasteiger partial charge in [0.25, 0.3) is 0 Å². The zero-order valence-corrected chi connectivity index (χ0v) is 6.10. The van der Waals surface area contributed by atoms with Gasteiger partial charge in [-0.25, -0.2) is 8.78 Å². The van der Waals surface area contributed by atoms with Crippen molar-refractivity contribution in [3.05, 3.63) is 0 Å². The number of halogens is 2. The fourth-order valence-electron chi connectivity index (χ4n) is 1.04. The van der Waals surface area contributed by atoms with E-state index < -0.39 is 37.4 Å². The van der Waals surface area contributed by atoms with E-state index in [0.29, 0.717) is 0 Å². The first kappa shape index (κ1) is 9.79. The third-order valence-corrected chi connectivity index (χ3v) is 1.77. The number of aliphatic hydroxyl groups excluding tert-OH is 3. The summed E-state index contributed by atoms with van der Waals surface area (Å²) in [5.74, 6) is 0. The Morgan fingerprint density at radius 1 is 1.17 bits per heavy atom. The Morgan fingerprint density at radius 2 is 1.75 bits per heavy atom. The van der Waals surface area contributed by atoms with Gasteiger partial charge in [-0.05, 0) is 0 Å². The van der Waals surface area contributed by atoms with Crippen molar-refractivity contribution >= 4 is 0 Å². The van der Waals surface area contributed by atoms with E-state index in [1.54, 1.807) is 0 Å². The Labute approximate surface area is 67.4 Å². The molecule has 0 spiro atoms. The van der Waals surface area contributed by atoms with Crippen molar-refractivity contribution in [1.82, 2.24) is 0 Å². The molecule has 72 valence electrons. The molecular weight excluding hydrogens is 174 g/mol. The lowest BCUT2D eigenvalue weighted by molar-refractivity contribution is -0.258. The maximum atomic E-state index is 12.8. The smallest absolute Gasteiger partial charge is 0.189 e. The molecular formula is C6H10F2O4. The molecule has 1 fully saturated rings. The van der Waals surface area contributed by atoms with Crippen LogP contribution in [-0.4, -0.2) is 52.8 Å². The van der Waals surface area contributed by atoms with Crippen molar-refractivity contribution in [2.45, 2.75) is 30.8 Å². The molecule has 1 aliphatic rings. The van der Waals surface area contributed by atoms with Crippen LogP contribution in [0, 0.1) is 0 Å². The maximum absolute atomic E-state index is 12.8. The van der Waals surface area contributed by atoms with Crippen LogP contribution in [0.4, 0.5) is 8.78 Å². The topological polar surface area (TPSA) is 69.9 Å². The van der Waals surface area contributed by atoms with Crippen LogP contribution in [-0.2, 0) is 4.74 Å². The van der Waals surface area contributed by atoms with Gasteiger partial charge in [0, 0.05) is 0 Å². The second-order valence-corrected chi connectivity index (χ2v) is 2.63. The molecule has 0 amide bonds. The minimum Gasteiger partial charge on any atom is -0.394 e. The predicted molar refractivity (Wildman–Crippen MR) is 33.8 cm³/mol. The average Bonchev–Trinajstić information content (AvgIpc) is 2.08. The highest BCUT2D eigenvalue weighted by Crippen LogP contribution is 2.23. The van der Waals surface area contributed by atoms with Crippen molar-refractivity contribution in [2.24, 2.45) is 0 Å². The van der Waals surface area contributed by atoms with Crippen LogP contribution in [0.25, 0.3) is 0 Å². The van der Waals surface area contributed by atoms with Gasteiger partial charge in [-0.2, -0.15) is 0 Å². The summed E-state index contributed by atoms with van der Waals surface area (Å²) < 4.78 is 29.7. The molecule has 0 aromatic rings. The predicted octanol–water partition coefficient (Wildman–Crippen LogP) is -1.27. The van der Waals surface area contributed by atoms with Crippen LogP contribution in [0.3, 0.4) is 0 Å². The molecule has 1 aliphatic heterocycles. The minimum absolute atomic E-state index is 0.706. The summed E-state index contributed by atoms with van der Waals surface area (Å²) in [5, 5.41) is 26.0. The van der Waals surface area contributed by atoms with Crippen LogP contribution in [0.5, 0.6) is 0 Å². The highest BCUT2D eigenvalue weighted by molar-refractivity contribution is 4.88. The SMILES string of the molecule is OC[C@H]1OC(O)[C@H](F)[C@H](O)[C@@H]1F. The summed E-state index contributed by atoms with van der Waals surface area (Å²) in [6, 6.07) is 0. The summed E-state index contributed by atoms with van der Waals surface area (Å²) >= 11 is 0. The molecule has 4 nitrogen and oxygen atoms in total. The van der Waals surface area contributed by atoms with Gasteiger partial charge in [0.1, 0.15) is 12.2 Å². The number of rotatable bonds is 1. The minimum atomic E-state index is -2.16. The highest BCUT2D eigenvalue weighted by Gasteiger charge is 2.45. The molecule has 0 aromatic carbocycles. The molecule has 1 saturated heterocycles. The number of hydrogen-bond donors (Lipinski definition) is 3. The van der Waals surface area contributed by atoms with E-state index in [1.807, 2.05) is 0 Å². The van der Waals surface area contributed by atoms with Gasteiger partial charge in [-0.15, -0.1) is 0 Å². The monoisotopic (exact) mass is 184 g/mol. The first-order valence-electron chi connectivity index (χ1n) is 3.48. The Balaban J connectivity index is 2.63. The lowest BCUT2D eigenvalue weighted by Gasteiger charge is -2.34. The molecule has 1 heterocycles. The molecule has 3 N–H and O–H groups in total. The lowest BCUT2D eigenvalue weighted by atomic mass is 10.0. The van der Waals surface area contributed by atoms with E-state index >= 15 is 0 Å². The van der Waals surface area contributed by atoms with Gasteiger partial charge in [0.05, 0.1) is 6.61 Å². The quantitative estimate of drug-likeness (QED) is 0.475. The number of aliphatic hydroxyl groups is 3. The van der Waals surface area contributed by atoms with Gasteiger partial charge in [0.2, 0.25) is 0 Å². The molecule has 5 atom stereocenters. The second-order valence-electron chi connectivity index (χ2n) is 2.63. The molecule has 0 saturated carbocycles. The van der Waals surface area contributed by atoms with Crippen LogP contribution >= 0.6 is 0 Å². The van der Waals surface area contributed by atoms with E-state index in [-0.39, 0.29) is 0 Å². The van der Waals surface area contributed by atoms with Crippen LogP contribution < -0.4 is 0 Å². The summed E-state index contributed by atoms with van der Waals surface area (Å²) in [5.41, 5.74) is 0. The van der Waals surface area contributed by atoms with Gasteiger partial charge < -0.3 is 20.1 Å². The zero-order chi connectivity index (χ0) is 9.30. The molecule has 1 rings (SSSR count). The number of alkyl halides is 2. The third kappa shape index (κ3) is 1.56. The molecule has 0 aliphatic carbocycles. The molecule has 12 heavy (non-hydrogen) atoms. The van der Waals surface area contributed by atoms with Crippen molar-refractivity contribution in [2.75, 3.05) is 6.61 Å². The third-order valence-electron chi connectivity index (χ3n) is 1.77. The molecule has 1 unspecified atom stereocenters. The standard InChI is InChI=1S/C6H10F2O4/c7-3-2(1-9)12-6(11)4(8)5(3)10/h2-6,9-11H,1H2/t2-,3-,4-,5-,6?/m1/s1. The fraction of sp³-hybridized carbons (Fsp3) is 1.00. The number of ether oxygens (including phenoxy) is 1. The van der Waals surface area contributed by atoms with E-state index in [0.717, 1.165) is 0 Å². The maximum Gasteiger partial charge on any atom is 0.189 e. The molecule has 0 bridgehead atoms. The largest absolute Gasteiger partial charge is 0.394 e. The Hall–Kier alpha value is -0.300. The lowest BCUT2D eigenvalue weighted by Crippen LogP contribution is -2.55. The number of hydrogen-bond acceptors (Lipinski definition) is 4. The highest BCUT2D eigenvalue weighted by atomic mass is 19.1. The first-order chi connectivity index (χ1) is 5.57. The van der Waals surface area contributed by atoms with E-state index in [4.69, 9.17) is 15.3 Å². The van der Waals surface area contributed by atoms with Crippen molar-refractivity contribution in [1.29, 1.82) is 0 Å². The summed E-state index contributed by atoms with van der Waals surface area (Å²) in [6.45, 7) is -0.706. The van der Waals surface area contributed by atoms with Gasteiger partial charge in [0.15, 0.2) is 18.6 Å². The normalized spacial score (nSPS) is 49.2. The Kier molecular flexibility index (Phi) is 2.94. The van der Waals surface area contributed by atoms with Crippen LogP contribution in [0.2, 0.25) is 0 Å². The van der Waals surface area contributed by atoms with Crippen LogP contribution in [0.1, 0.15) is 0 Å². The fourth-order valence-corrected chi connectivity index (χ4v) is 1.04. The molecule has 6 heteroatoms. The summed E-state index contributed by atoms with van der Waals surface area (Å²) in [6.07, 6.45) is -9.34. The van der Waals surface area contributed by atoms with Gasteiger partial charge in [-0.3, -0.25) is 0 Å². The average molecular weight is 184 g/mol. The first-order valence-corrected chi connectivity index (χ1v) is 3.48. The second kappa shape index (κ2) is 3.61. The Bertz CT molecular complexity index is 152.